The van der Waals surface area contributed by atoms with Crippen molar-refractivity contribution in [3.8, 4) is 0 Å². The molecular weight excluding hydrogens is 464 g/mol. The first-order valence-electron chi connectivity index (χ1n) is 12.1. The fourth-order valence-corrected chi connectivity index (χ4v) is 4.65. The van der Waals surface area contributed by atoms with Gasteiger partial charge < -0.3 is 36.6 Å². The molecule has 192 valence electrons. The molecule has 1 saturated heterocycles. The largest absolute Gasteiger partial charge is 0.465 e. The predicted molar refractivity (Wildman–Crippen MR) is 136 cm³/mol. The third kappa shape index (κ3) is 6.32. The molecular formula is C24H32N8O4. The van der Waals surface area contributed by atoms with Gasteiger partial charge in [0.2, 0.25) is 11.9 Å². The lowest BCUT2D eigenvalue weighted by Crippen LogP contribution is -2.48. The van der Waals surface area contributed by atoms with Gasteiger partial charge in [-0.15, -0.1) is 0 Å². The minimum absolute atomic E-state index is 0.0421. The molecule has 2 heterocycles. The summed E-state index contributed by atoms with van der Waals surface area (Å²) in [6.45, 7) is 4.59. The lowest BCUT2D eigenvalue weighted by molar-refractivity contribution is -0.129. The first kappa shape index (κ1) is 25.0. The van der Waals surface area contributed by atoms with Crippen LogP contribution in [0.5, 0.6) is 0 Å². The maximum Gasteiger partial charge on any atom is 0.404 e. The summed E-state index contributed by atoms with van der Waals surface area (Å²) in [4.78, 5) is 47.2. The molecule has 2 aliphatic rings. The maximum atomic E-state index is 11.9. The molecule has 6 N–H and O–H groups in total. The van der Waals surface area contributed by atoms with Gasteiger partial charge in [-0.2, -0.15) is 4.98 Å². The molecule has 1 aliphatic heterocycles. The van der Waals surface area contributed by atoms with Gasteiger partial charge in [0.05, 0.1) is 5.56 Å². The number of hydrogen-bond acceptors (Lipinski definition) is 8. The highest BCUT2D eigenvalue weighted by Crippen LogP contribution is 2.25. The molecule has 4 rings (SSSR count). The Morgan fingerprint density at radius 2 is 1.64 bits per heavy atom. The monoisotopic (exact) mass is 496 g/mol. The van der Waals surface area contributed by atoms with Crippen LogP contribution < -0.4 is 26.6 Å². The summed E-state index contributed by atoms with van der Waals surface area (Å²) >= 11 is 0. The van der Waals surface area contributed by atoms with Crippen molar-refractivity contribution >= 4 is 41.0 Å². The number of carboxylic acid groups (broad SMARTS) is 1. The standard InChI is InChI=1S/C24H32N8O4/c1-15(33)31-10-12-32(13-11-31)19-8-6-17(7-9-19)28-23-26-14-20(21(25)34)22(30-23)27-16-2-4-18(5-3-16)29-24(35)36/h6-9,14,16,18,29H,2-5,10-13H2,1H3,(H2,25,34)(H,35,36)(H2,26,27,28,30)/t16-,18+. The lowest BCUT2D eigenvalue weighted by Gasteiger charge is -2.35. The van der Waals surface area contributed by atoms with E-state index in [4.69, 9.17) is 10.8 Å². The van der Waals surface area contributed by atoms with E-state index < -0.39 is 12.0 Å². The second kappa shape index (κ2) is 11.1. The van der Waals surface area contributed by atoms with E-state index >= 15 is 0 Å². The highest BCUT2D eigenvalue weighted by Gasteiger charge is 2.24. The van der Waals surface area contributed by atoms with Gasteiger partial charge in [0.1, 0.15) is 5.82 Å². The van der Waals surface area contributed by atoms with Crippen molar-refractivity contribution in [2.75, 3.05) is 41.7 Å². The van der Waals surface area contributed by atoms with Gasteiger partial charge in [-0.1, -0.05) is 0 Å². The zero-order valence-corrected chi connectivity index (χ0v) is 20.2. The number of nitrogens with one attached hydrogen (secondary N) is 3. The number of amides is 3. The second-order valence-electron chi connectivity index (χ2n) is 9.13. The van der Waals surface area contributed by atoms with Gasteiger partial charge in [-0.3, -0.25) is 9.59 Å². The molecule has 0 unspecified atom stereocenters. The Kier molecular flexibility index (Phi) is 7.71. The third-order valence-corrected chi connectivity index (χ3v) is 6.66. The average molecular weight is 497 g/mol. The Balaban J connectivity index is 1.39. The van der Waals surface area contributed by atoms with Crippen LogP contribution in [-0.4, -0.2) is 76.1 Å². The van der Waals surface area contributed by atoms with E-state index in [1.54, 1.807) is 6.92 Å². The van der Waals surface area contributed by atoms with Crippen LogP contribution in [0.1, 0.15) is 43.0 Å². The van der Waals surface area contributed by atoms with Crippen molar-refractivity contribution in [3.63, 3.8) is 0 Å². The number of carbonyl (C=O) groups excluding carboxylic acids is 2. The van der Waals surface area contributed by atoms with Crippen LogP contribution in [0.15, 0.2) is 30.5 Å². The van der Waals surface area contributed by atoms with E-state index in [1.807, 2.05) is 29.2 Å². The molecule has 36 heavy (non-hydrogen) atoms. The van der Waals surface area contributed by atoms with Gasteiger partial charge in [-0.25, -0.2) is 9.78 Å². The van der Waals surface area contributed by atoms with Crippen molar-refractivity contribution in [1.29, 1.82) is 0 Å². The summed E-state index contributed by atoms with van der Waals surface area (Å²) in [5.41, 5.74) is 7.60. The van der Waals surface area contributed by atoms with Crippen molar-refractivity contribution in [1.82, 2.24) is 20.2 Å². The zero-order chi connectivity index (χ0) is 25.7. The van der Waals surface area contributed by atoms with Crippen LogP contribution in [-0.2, 0) is 4.79 Å². The summed E-state index contributed by atoms with van der Waals surface area (Å²) in [5.74, 6) is 0.161. The molecule has 0 radical (unpaired) electrons. The summed E-state index contributed by atoms with van der Waals surface area (Å²) in [5, 5.41) is 17.9. The summed E-state index contributed by atoms with van der Waals surface area (Å²) < 4.78 is 0. The molecule has 2 aromatic rings. The normalized spacial score (nSPS) is 19.9. The van der Waals surface area contributed by atoms with Gasteiger partial charge in [0.25, 0.3) is 5.91 Å². The topological polar surface area (TPSA) is 166 Å². The Morgan fingerprint density at radius 1 is 1.00 bits per heavy atom. The SMILES string of the molecule is CC(=O)N1CCN(c2ccc(Nc3ncc(C(N)=O)c(N[C@H]4CC[C@@H](NC(=O)O)CC4)n3)cc2)CC1. The maximum absolute atomic E-state index is 11.9. The molecule has 0 atom stereocenters. The zero-order valence-electron chi connectivity index (χ0n) is 20.2. The molecule has 1 aliphatic carbocycles. The third-order valence-electron chi connectivity index (χ3n) is 6.66. The lowest BCUT2D eigenvalue weighted by atomic mass is 9.91. The summed E-state index contributed by atoms with van der Waals surface area (Å²) in [6.07, 6.45) is 3.25. The number of benzene rings is 1. The Hall–Kier alpha value is -4.09. The Morgan fingerprint density at radius 3 is 2.22 bits per heavy atom. The van der Waals surface area contributed by atoms with Crippen molar-refractivity contribution < 1.29 is 19.5 Å². The highest BCUT2D eigenvalue weighted by atomic mass is 16.4. The number of primary amides is 1. The van der Waals surface area contributed by atoms with E-state index in [9.17, 15) is 14.4 Å². The molecule has 12 nitrogen and oxygen atoms in total. The predicted octanol–water partition coefficient (Wildman–Crippen LogP) is 1.98. The van der Waals surface area contributed by atoms with E-state index in [1.165, 1.54) is 6.20 Å². The van der Waals surface area contributed by atoms with Crippen LogP contribution in [0.3, 0.4) is 0 Å². The van der Waals surface area contributed by atoms with Crippen LogP contribution in [0.2, 0.25) is 0 Å². The Labute approximate surface area is 209 Å². The fraction of sp³-hybridized carbons (Fsp3) is 0.458. The van der Waals surface area contributed by atoms with Crippen LogP contribution in [0.25, 0.3) is 0 Å². The van der Waals surface area contributed by atoms with Crippen molar-refractivity contribution in [2.45, 2.75) is 44.7 Å². The number of hydrogen-bond donors (Lipinski definition) is 5. The Bertz CT molecular complexity index is 1090. The molecule has 1 saturated carbocycles. The van der Waals surface area contributed by atoms with Crippen LogP contribution in [0, 0.1) is 0 Å². The van der Waals surface area contributed by atoms with Gasteiger partial charge in [0.15, 0.2) is 0 Å². The van der Waals surface area contributed by atoms with Crippen molar-refractivity contribution in [2.24, 2.45) is 5.73 Å². The second-order valence-corrected chi connectivity index (χ2v) is 9.13. The molecule has 3 amide bonds. The van der Waals surface area contributed by atoms with Gasteiger partial charge in [0, 0.05) is 62.8 Å². The molecule has 0 bridgehead atoms. The van der Waals surface area contributed by atoms with E-state index in [-0.39, 0.29) is 23.6 Å². The average Bonchev–Trinajstić information content (AvgIpc) is 2.85. The molecule has 0 spiro atoms. The molecule has 2 fully saturated rings. The number of carbonyl (C=O) groups is 3. The molecule has 12 heteroatoms. The number of nitrogens with two attached hydrogens (primary N) is 1. The minimum Gasteiger partial charge on any atom is -0.465 e. The van der Waals surface area contributed by atoms with Crippen LogP contribution in [0.4, 0.5) is 27.9 Å². The summed E-state index contributed by atoms with van der Waals surface area (Å²) in [6, 6.07) is 7.85. The van der Waals surface area contributed by atoms with Crippen LogP contribution >= 0.6 is 0 Å². The number of aromatic nitrogens is 2. The summed E-state index contributed by atoms with van der Waals surface area (Å²) in [7, 11) is 0. The number of nitrogens with zero attached hydrogens (tertiary/aromatic N) is 4. The fourth-order valence-electron chi connectivity index (χ4n) is 4.65. The van der Waals surface area contributed by atoms with E-state index in [0.29, 0.717) is 37.7 Å². The first-order chi connectivity index (χ1) is 17.3. The minimum atomic E-state index is -1.02. The molecule has 1 aromatic carbocycles. The number of rotatable bonds is 7. The molecule has 1 aromatic heterocycles. The van der Waals surface area contributed by atoms with E-state index in [0.717, 1.165) is 37.3 Å². The van der Waals surface area contributed by atoms with E-state index in [2.05, 4.69) is 30.8 Å². The smallest absolute Gasteiger partial charge is 0.404 e. The number of piperazine rings is 1. The highest BCUT2D eigenvalue weighted by molar-refractivity contribution is 5.97. The number of anilines is 4. The quantitative estimate of drug-likeness (QED) is 0.385. The van der Waals surface area contributed by atoms with Gasteiger partial charge in [-0.05, 0) is 49.9 Å². The first-order valence-corrected chi connectivity index (χ1v) is 12.1. The van der Waals surface area contributed by atoms with Crippen molar-refractivity contribution in [3.05, 3.63) is 36.0 Å². The van der Waals surface area contributed by atoms with Gasteiger partial charge >= 0.3 is 6.09 Å².